The van der Waals surface area contributed by atoms with Crippen LogP contribution in [-0.2, 0) is 12.8 Å². The van der Waals surface area contributed by atoms with Crippen LogP contribution in [0.25, 0.3) is 0 Å². The molecule has 0 saturated heterocycles. The maximum absolute atomic E-state index is 5.97. The second-order valence-electron chi connectivity index (χ2n) is 4.96. The number of pyridine rings is 1. The van der Waals surface area contributed by atoms with Crippen molar-refractivity contribution >= 4 is 11.3 Å². The molecule has 2 aromatic rings. The average molecular weight is 289 g/mol. The molecule has 0 aliphatic rings. The Labute approximate surface area is 125 Å². The predicted octanol–water partition coefficient (Wildman–Crippen LogP) is 2.88. The Balaban J connectivity index is 1.96. The van der Waals surface area contributed by atoms with E-state index in [2.05, 4.69) is 42.1 Å². The van der Waals surface area contributed by atoms with Gasteiger partial charge in [0.1, 0.15) is 0 Å². The van der Waals surface area contributed by atoms with Crippen LogP contribution in [0.1, 0.15) is 28.4 Å². The SMILES string of the molecule is CCc1ccc(C(CN)N(C)CCc2ccccn2)s1. The number of likely N-dealkylation sites (N-methyl/N-ethyl adjacent to an activating group) is 1. The van der Waals surface area contributed by atoms with Crippen LogP contribution in [0, 0.1) is 0 Å². The minimum atomic E-state index is 0.309. The van der Waals surface area contributed by atoms with E-state index in [9.17, 15) is 0 Å². The summed E-state index contributed by atoms with van der Waals surface area (Å²) in [5.41, 5.74) is 7.11. The third-order valence-electron chi connectivity index (χ3n) is 3.56. The smallest absolute Gasteiger partial charge is 0.0562 e. The fourth-order valence-corrected chi connectivity index (χ4v) is 3.40. The average Bonchev–Trinajstić information content (AvgIpc) is 2.96. The lowest BCUT2D eigenvalue weighted by atomic mass is 10.2. The Morgan fingerprint density at radius 2 is 2.15 bits per heavy atom. The highest BCUT2D eigenvalue weighted by Gasteiger charge is 2.17. The van der Waals surface area contributed by atoms with Crippen LogP contribution in [0.2, 0.25) is 0 Å². The molecule has 2 aromatic heterocycles. The minimum Gasteiger partial charge on any atom is -0.329 e. The maximum atomic E-state index is 5.97. The standard InChI is InChI=1S/C16H23N3S/c1-3-14-7-8-16(20-14)15(12-17)19(2)11-9-13-6-4-5-10-18-13/h4-8,10,15H,3,9,11-12,17H2,1-2H3. The number of hydrogen-bond donors (Lipinski definition) is 1. The van der Waals surface area contributed by atoms with Gasteiger partial charge in [-0.15, -0.1) is 11.3 Å². The molecular weight excluding hydrogens is 266 g/mol. The third kappa shape index (κ3) is 3.88. The summed E-state index contributed by atoms with van der Waals surface area (Å²) in [6.45, 7) is 3.82. The fourth-order valence-electron chi connectivity index (χ4n) is 2.27. The van der Waals surface area contributed by atoms with Crippen molar-refractivity contribution in [2.75, 3.05) is 20.1 Å². The van der Waals surface area contributed by atoms with Crippen molar-refractivity contribution in [1.29, 1.82) is 0 Å². The zero-order chi connectivity index (χ0) is 14.4. The number of rotatable bonds is 7. The van der Waals surface area contributed by atoms with Gasteiger partial charge in [-0.2, -0.15) is 0 Å². The summed E-state index contributed by atoms with van der Waals surface area (Å²) in [4.78, 5) is 9.50. The Hall–Kier alpha value is -1.23. The van der Waals surface area contributed by atoms with Gasteiger partial charge in [0.05, 0.1) is 6.04 Å². The lowest BCUT2D eigenvalue weighted by Crippen LogP contribution is -2.31. The summed E-state index contributed by atoms with van der Waals surface area (Å²) in [7, 11) is 2.14. The van der Waals surface area contributed by atoms with Crippen LogP contribution in [-0.4, -0.2) is 30.0 Å². The molecule has 0 aliphatic carbocycles. The second kappa shape index (κ2) is 7.53. The van der Waals surface area contributed by atoms with E-state index in [1.165, 1.54) is 9.75 Å². The first-order valence-electron chi connectivity index (χ1n) is 7.13. The molecule has 0 bridgehead atoms. The van der Waals surface area contributed by atoms with Crippen LogP contribution in [0.15, 0.2) is 36.5 Å². The fraction of sp³-hybridized carbons (Fsp3) is 0.438. The van der Waals surface area contributed by atoms with E-state index in [1.54, 1.807) is 0 Å². The predicted molar refractivity (Wildman–Crippen MR) is 86.1 cm³/mol. The topological polar surface area (TPSA) is 42.1 Å². The lowest BCUT2D eigenvalue weighted by molar-refractivity contribution is 0.256. The summed E-state index contributed by atoms with van der Waals surface area (Å²) in [6, 6.07) is 10.8. The molecule has 1 atom stereocenters. The summed E-state index contributed by atoms with van der Waals surface area (Å²) >= 11 is 1.88. The zero-order valence-electron chi connectivity index (χ0n) is 12.2. The third-order valence-corrected chi connectivity index (χ3v) is 4.89. The highest BCUT2D eigenvalue weighted by Crippen LogP contribution is 2.26. The molecule has 2 N–H and O–H groups in total. The number of aryl methyl sites for hydroxylation is 1. The van der Waals surface area contributed by atoms with Gasteiger partial charge in [-0.05, 0) is 37.7 Å². The second-order valence-corrected chi connectivity index (χ2v) is 6.16. The van der Waals surface area contributed by atoms with Crippen molar-refractivity contribution in [2.45, 2.75) is 25.8 Å². The van der Waals surface area contributed by atoms with Crippen LogP contribution < -0.4 is 5.73 Å². The van der Waals surface area contributed by atoms with Crippen molar-refractivity contribution < 1.29 is 0 Å². The summed E-state index contributed by atoms with van der Waals surface area (Å²) in [6.07, 6.45) is 3.90. The van der Waals surface area contributed by atoms with Gasteiger partial charge in [-0.1, -0.05) is 13.0 Å². The van der Waals surface area contributed by atoms with Gasteiger partial charge in [0.25, 0.3) is 0 Å². The van der Waals surface area contributed by atoms with Gasteiger partial charge in [0, 0.05) is 41.2 Å². The van der Waals surface area contributed by atoms with Crippen LogP contribution >= 0.6 is 11.3 Å². The number of nitrogens with two attached hydrogens (primary N) is 1. The molecule has 0 aromatic carbocycles. The first kappa shape index (κ1) is 15.2. The lowest BCUT2D eigenvalue weighted by Gasteiger charge is -2.26. The first-order valence-corrected chi connectivity index (χ1v) is 7.95. The van der Waals surface area contributed by atoms with E-state index in [4.69, 9.17) is 5.73 Å². The highest BCUT2D eigenvalue weighted by atomic mass is 32.1. The van der Waals surface area contributed by atoms with Crippen molar-refractivity contribution in [1.82, 2.24) is 9.88 Å². The molecule has 2 heterocycles. The molecule has 1 unspecified atom stereocenters. The van der Waals surface area contributed by atoms with Crippen LogP contribution in [0.3, 0.4) is 0 Å². The van der Waals surface area contributed by atoms with E-state index in [0.717, 1.165) is 25.1 Å². The van der Waals surface area contributed by atoms with Gasteiger partial charge in [-0.25, -0.2) is 0 Å². The molecule has 0 radical (unpaired) electrons. The molecule has 4 heteroatoms. The minimum absolute atomic E-state index is 0.309. The molecule has 0 amide bonds. The zero-order valence-corrected chi connectivity index (χ0v) is 13.1. The molecule has 0 aliphatic heterocycles. The quantitative estimate of drug-likeness (QED) is 0.852. The van der Waals surface area contributed by atoms with E-state index in [1.807, 2.05) is 29.7 Å². The van der Waals surface area contributed by atoms with Crippen molar-refractivity contribution in [3.8, 4) is 0 Å². The molecule has 0 spiro atoms. The molecule has 108 valence electrons. The van der Waals surface area contributed by atoms with Gasteiger partial charge in [0.15, 0.2) is 0 Å². The highest BCUT2D eigenvalue weighted by molar-refractivity contribution is 7.12. The van der Waals surface area contributed by atoms with E-state index < -0.39 is 0 Å². The maximum Gasteiger partial charge on any atom is 0.0562 e. The first-order chi connectivity index (χ1) is 9.74. The van der Waals surface area contributed by atoms with Crippen LogP contribution in [0.5, 0.6) is 0 Å². The van der Waals surface area contributed by atoms with E-state index >= 15 is 0 Å². The molecule has 3 nitrogen and oxygen atoms in total. The Morgan fingerprint density at radius 1 is 1.30 bits per heavy atom. The van der Waals surface area contributed by atoms with Gasteiger partial charge >= 0.3 is 0 Å². The van der Waals surface area contributed by atoms with Crippen LogP contribution in [0.4, 0.5) is 0 Å². The summed E-state index contributed by atoms with van der Waals surface area (Å²) in [5.74, 6) is 0. The Bertz CT molecular complexity index is 509. The Kier molecular flexibility index (Phi) is 5.71. The van der Waals surface area contributed by atoms with Crippen molar-refractivity contribution in [3.05, 3.63) is 52.0 Å². The van der Waals surface area contributed by atoms with E-state index in [-0.39, 0.29) is 0 Å². The Morgan fingerprint density at radius 3 is 2.75 bits per heavy atom. The summed E-state index contributed by atoms with van der Waals surface area (Å²) < 4.78 is 0. The monoisotopic (exact) mass is 289 g/mol. The van der Waals surface area contributed by atoms with Gasteiger partial charge in [-0.3, -0.25) is 9.88 Å². The number of aromatic nitrogens is 1. The number of thiophene rings is 1. The molecular formula is C16H23N3S. The summed E-state index contributed by atoms with van der Waals surface area (Å²) in [5, 5.41) is 0. The largest absolute Gasteiger partial charge is 0.329 e. The molecule has 0 saturated carbocycles. The molecule has 2 rings (SSSR count). The van der Waals surface area contributed by atoms with Crippen molar-refractivity contribution in [2.24, 2.45) is 5.73 Å². The normalized spacial score (nSPS) is 12.8. The van der Waals surface area contributed by atoms with Gasteiger partial charge < -0.3 is 5.73 Å². The number of nitrogens with zero attached hydrogens (tertiary/aromatic N) is 2. The molecule has 0 fully saturated rings. The number of hydrogen-bond acceptors (Lipinski definition) is 4. The van der Waals surface area contributed by atoms with E-state index in [0.29, 0.717) is 12.6 Å². The van der Waals surface area contributed by atoms with Gasteiger partial charge in [0.2, 0.25) is 0 Å². The molecule has 20 heavy (non-hydrogen) atoms. The van der Waals surface area contributed by atoms with Crippen molar-refractivity contribution in [3.63, 3.8) is 0 Å².